The summed E-state index contributed by atoms with van der Waals surface area (Å²) in [4.78, 5) is 13.0. The lowest BCUT2D eigenvalue weighted by molar-refractivity contribution is -0.120. The van der Waals surface area contributed by atoms with Gasteiger partial charge in [0.05, 0.1) is 17.9 Å². The molecule has 1 amide bonds. The summed E-state index contributed by atoms with van der Waals surface area (Å²) < 4.78 is 0. The summed E-state index contributed by atoms with van der Waals surface area (Å²) in [5.74, 6) is -0.0349. The molecular weight excluding hydrogens is 230 g/mol. The number of hydrogen-bond acceptors (Lipinski definition) is 4. The van der Waals surface area contributed by atoms with Gasteiger partial charge in [-0.1, -0.05) is 6.07 Å². The zero-order chi connectivity index (χ0) is 13.5. The van der Waals surface area contributed by atoms with E-state index in [-0.39, 0.29) is 12.5 Å². The maximum absolute atomic E-state index is 11.2. The highest BCUT2D eigenvalue weighted by Gasteiger charge is 2.09. The van der Waals surface area contributed by atoms with Crippen molar-refractivity contribution >= 4 is 11.6 Å². The predicted molar refractivity (Wildman–Crippen MR) is 69.0 cm³/mol. The van der Waals surface area contributed by atoms with Gasteiger partial charge in [-0.05, 0) is 17.7 Å². The van der Waals surface area contributed by atoms with E-state index >= 15 is 0 Å². The van der Waals surface area contributed by atoms with Crippen molar-refractivity contribution in [2.45, 2.75) is 13.0 Å². The molecule has 0 aromatic heterocycles. The molecule has 0 heterocycles. The van der Waals surface area contributed by atoms with Gasteiger partial charge < -0.3 is 15.3 Å². The van der Waals surface area contributed by atoms with Crippen molar-refractivity contribution in [3.8, 4) is 6.07 Å². The maximum Gasteiger partial charge on any atom is 0.221 e. The van der Waals surface area contributed by atoms with Crippen molar-refractivity contribution < 1.29 is 9.90 Å². The summed E-state index contributed by atoms with van der Waals surface area (Å²) in [6.07, 6.45) is 0.375. The van der Waals surface area contributed by atoms with Gasteiger partial charge >= 0.3 is 0 Å². The van der Waals surface area contributed by atoms with Crippen LogP contribution in [-0.4, -0.2) is 31.7 Å². The number of benzene rings is 1. The molecule has 96 valence electrons. The maximum atomic E-state index is 11.2. The Balaban J connectivity index is 2.82. The van der Waals surface area contributed by atoms with Crippen LogP contribution >= 0.6 is 0 Å². The number of aliphatic hydroxyl groups is 1. The smallest absolute Gasteiger partial charge is 0.221 e. The minimum Gasteiger partial charge on any atom is -0.392 e. The van der Waals surface area contributed by atoms with Crippen LogP contribution < -0.4 is 10.2 Å². The largest absolute Gasteiger partial charge is 0.392 e. The first-order valence-corrected chi connectivity index (χ1v) is 5.68. The summed E-state index contributed by atoms with van der Waals surface area (Å²) in [6, 6.07) is 7.31. The molecular formula is C13H17N3O2. The summed E-state index contributed by atoms with van der Waals surface area (Å²) in [6.45, 7) is 0.448. The molecule has 0 unspecified atom stereocenters. The third-order valence-electron chi connectivity index (χ3n) is 2.73. The fourth-order valence-electron chi connectivity index (χ4n) is 1.62. The Morgan fingerprint density at radius 1 is 1.56 bits per heavy atom. The number of nitrogens with zero attached hydrogens (tertiary/aromatic N) is 2. The van der Waals surface area contributed by atoms with Gasteiger partial charge in [-0.25, -0.2) is 0 Å². The Kier molecular flexibility index (Phi) is 5.15. The number of anilines is 1. The van der Waals surface area contributed by atoms with Gasteiger partial charge in [0.25, 0.3) is 0 Å². The normalized spacial score (nSPS) is 9.67. The highest BCUT2D eigenvalue weighted by Crippen LogP contribution is 2.20. The van der Waals surface area contributed by atoms with E-state index in [4.69, 9.17) is 10.4 Å². The Hall–Kier alpha value is -2.06. The van der Waals surface area contributed by atoms with Gasteiger partial charge in [0, 0.05) is 27.1 Å². The van der Waals surface area contributed by atoms with E-state index in [2.05, 4.69) is 11.4 Å². The van der Waals surface area contributed by atoms with E-state index in [1.165, 1.54) is 0 Å². The topological polar surface area (TPSA) is 76.4 Å². The lowest BCUT2D eigenvalue weighted by atomic mass is 10.1. The van der Waals surface area contributed by atoms with Gasteiger partial charge in [0.1, 0.15) is 6.07 Å². The van der Waals surface area contributed by atoms with Crippen molar-refractivity contribution in [1.82, 2.24) is 5.32 Å². The van der Waals surface area contributed by atoms with Crippen LogP contribution in [0.1, 0.15) is 17.5 Å². The number of nitrogens with one attached hydrogen (secondary N) is 1. The monoisotopic (exact) mass is 247 g/mol. The second-order valence-electron chi connectivity index (χ2n) is 3.97. The molecule has 1 aromatic carbocycles. The van der Waals surface area contributed by atoms with E-state index in [0.717, 1.165) is 5.69 Å². The first-order valence-electron chi connectivity index (χ1n) is 5.68. The fourth-order valence-corrected chi connectivity index (χ4v) is 1.62. The summed E-state index contributed by atoms with van der Waals surface area (Å²) in [5.41, 5.74) is 1.97. The van der Waals surface area contributed by atoms with Crippen molar-refractivity contribution in [3.63, 3.8) is 0 Å². The quantitative estimate of drug-likeness (QED) is 0.800. The molecule has 0 bridgehead atoms. The van der Waals surface area contributed by atoms with Gasteiger partial charge in [0.2, 0.25) is 5.91 Å². The van der Waals surface area contributed by atoms with E-state index in [1.807, 2.05) is 11.9 Å². The molecule has 0 saturated carbocycles. The van der Waals surface area contributed by atoms with E-state index in [9.17, 15) is 4.79 Å². The van der Waals surface area contributed by atoms with Crippen LogP contribution in [0.5, 0.6) is 0 Å². The average molecular weight is 247 g/mol. The van der Waals surface area contributed by atoms with Crippen molar-refractivity contribution in [3.05, 3.63) is 29.3 Å². The molecule has 5 nitrogen and oxygen atoms in total. The van der Waals surface area contributed by atoms with Crippen LogP contribution in [0.25, 0.3) is 0 Å². The number of nitriles is 1. The van der Waals surface area contributed by atoms with Crippen LogP contribution in [0.2, 0.25) is 0 Å². The second kappa shape index (κ2) is 6.62. The van der Waals surface area contributed by atoms with Crippen LogP contribution in [0.3, 0.4) is 0 Å². The molecule has 0 fully saturated rings. The van der Waals surface area contributed by atoms with Crippen LogP contribution in [0.4, 0.5) is 5.69 Å². The Labute approximate surface area is 107 Å². The highest BCUT2D eigenvalue weighted by molar-refractivity contribution is 5.76. The molecule has 0 aliphatic heterocycles. The minimum absolute atomic E-state index is 0.0349. The van der Waals surface area contributed by atoms with Gasteiger partial charge in [-0.2, -0.15) is 5.26 Å². The predicted octanol–water partition coefficient (Wildman–Crippen LogP) is 0.623. The highest BCUT2D eigenvalue weighted by atomic mass is 16.3. The Morgan fingerprint density at radius 2 is 2.28 bits per heavy atom. The molecule has 1 rings (SSSR count). The van der Waals surface area contributed by atoms with Gasteiger partial charge in [-0.3, -0.25) is 4.79 Å². The third-order valence-corrected chi connectivity index (χ3v) is 2.73. The molecule has 0 aliphatic carbocycles. The van der Waals surface area contributed by atoms with Crippen LogP contribution in [0, 0.1) is 11.3 Å². The average Bonchev–Trinajstić information content (AvgIpc) is 2.43. The number of amides is 1. The zero-order valence-electron chi connectivity index (χ0n) is 10.6. The lowest BCUT2D eigenvalue weighted by Crippen LogP contribution is -2.26. The molecule has 0 atom stereocenters. The molecule has 1 aromatic rings. The summed E-state index contributed by atoms with van der Waals surface area (Å²) in [5, 5.41) is 20.6. The SMILES string of the molecule is CNC(=O)CCN(C)c1ccc(CO)cc1C#N. The lowest BCUT2D eigenvalue weighted by Gasteiger charge is -2.20. The van der Waals surface area contributed by atoms with Gasteiger partial charge in [-0.15, -0.1) is 0 Å². The zero-order valence-corrected chi connectivity index (χ0v) is 10.6. The number of aliphatic hydroxyl groups excluding tert-OH is 1. The third kappa shape index (κ3) is 3.47. The molecule has 0 aliphatic rings. The Morgan fingerprint density at radius 3 is 2.83 bits per heavy atom. The standard InChI is InChI=1S/C13H17N3O2/c1-15-13(18)5-6-16(2)12-4-3-10(9-17)7-11(12)8-14/h3-4,7,17H,5-6,9H2,1-2H3,(H,15,18). The molecule has 0 saturated heterocycles. The second-order valence-corrected chi connectivity index (χ2v) is 3.97. The first kappa shape index (κ1) is 14.0. The molecule has 0 spiro atoms. The van der Waals surface area contributed by atoms with Crippen LogP contribution in [-0.2, 0) is 11.4 Å². The van der Waals surface area contributed by atoms with Crippen molar-refractivity contribution in [2.24, 2.45) is 0 Å². The number of rotatable bonds is 5. The van der Waals surface area contributed by atoms with E-state index in [0.29, 0.717) is 24.1 Å². The van der Waals surface area contributed by atoms with E-state index in [1.54, 1.807) is 25.2 Å². The molecule has 0 radical (unpaired) electrons. The van der Waals surface area contributed by atoms with Crippen LogP contribution in [0.15, 0.2) is 18.2 Å². The van der Waals surface area contributed by atoms with Crippen molar-refractivity contribution in [2.75, 3.05) is 25.5 Å². The molecule has 5 heteroatoms. The molecule has 18 heavy (non-hydrogen) atoms. The van der Waals surface area contributed by atoms with E-state index < -0.39 is 0 Å². The number of hydrogen-bond donors (Lipinski definition) is 2. The van der Waals surface area contributed by atoms with Gasteiger partial charge in [0.15, 0.2) is 0 Å². The number of carbonyl (C=O) groups is 1. The van der Waals surface area contributed by atoms with Crippen molar-refractivity contribution in [1.29, 1.82) is 5.26 Å². The number of carbonyl (C=O) groups excluding carboxylic acids is 1. The first-order chi connectivity index (χ1) is 8.62. The summed E-state index contributed by atoms with van der Waals surface area (Å²) in [7, 11) is 3.43. The summed E-state index contributed by atoms with van der Waals surface area (Å²) >= 11 is 0. The Bertz CT molecular complexity index is 466. The minimum atomic E-state index is -0.0864. The molecule has 2 N–H and O–H groups in total. The fraction of sp³-hybridized carbons (Fsp3) is 0.385.